The van der Waals surface area contributed by atoms with Crippen molar-refractivity contribution < 1.29 is 28.6 Å². The average Bonchev–Trinajstić information content (AvgIpc) is 3.50. The maximum atomic E-state index is 13.3. The first-order valence-electron chi connectivity index (χ1n) is 12.3. The van der Waals surface area contributed by atoms with E-state index < -0.39 is 5.97 Å². The topological polar surface area (TPSA) is 126 Å². The molecule has 2 atom stereocenters. The number of amides is 2. The Bertz CT molecular complexity index is 1180. The van der Waals surface area contributed by atoms with Gasteiger partial charge < -0.3 is 34.3 Å². The second-order valence-corrected chi connectivity index (χ2v) is 11.1. The van der Waals surface area contributed by atoms with E-state index in [4.69, 9.17) is 25.8 Å². The first-order chi connectivity index (χ1) is 18.3. The fraction of sp³-hybridized carbons (Fsp3) is 0.583. The number of H-pyrrole nitrogens is 1. The number of nitrogens with one attached hydrogen (secondary N) is 2. The maximum Gasteiger partial charge on any atom is 0.358 e. The van der Waals surface area contributed by atoms with Crippen LogP contribution < -0.4 is 10.2 Å². The minimum absolute atomic E-state index is 0.0237. The molecule has 2 aromatic rings. The van der Waals surface area contributed by atoms with Crippen LogP contribution in [-0.2, 0) is 18.6 Å². The molecule has 0 bridgehead atoms. The number of hydrogen-bond acceptors (Lipinski definition) is 9. The minimum atomic E-state index is -0.624. The molecule has 2 N–H and O–H groups in total. The molecule has 4 rings (SSSR count). The van der Waals surface area contributed by atoms with Crippen molar-refractivity contribution >= 4 is 68.4 Å². The molecular weight excluding hydrogens is 649 g/mol. The largest absolute Gasteiger partial charge is 0.461 e. The van der Waals surface area contributed by atoms with E-state index in [1.807, 2.05) is 11.8 Å². The Hall–Kier alpha value is -1.94. The summed E-state index contributed by atoms with van der Waals surface area (Å²) in [6, 6.07) is -0.259. The molecule has 38 heavy (non-hydrogen) atoms. The van der Waals surface area contributed by atoms with Crippen molar-refractivity contribution in [2.24, 2.45) is 0 Å². The van der Waals surface area contributed by atoms with Crippen molar-refractivity contribution in [3.05, 3.63) is 32.5 Å². The Labute approximate surface area is 243 Å². The highest BCUT2D eigenvalue weighted by Crippen LogP contribution is 2.32. The average molecular weight is 680 g/mol. The van der Waals surface area contributed by atoms with E-state index in [-0.39, 0.29) is 41.1 Å². The van der Waals surface area contributed by atoms with Crippen molar-refractivity contribution in [1.29, 1.82) is 0 Å². The van der Waals surface area contributed by atoms with Crippen LogP contribution in [-0.4, -0.2) is 97.9 Å². The summed E-state index contributed by atoms with van der Waals surface area (Å²) in [6.07, 6.45) is 0.224. The number of morpholine rings is 1. The molecule has 0 radical (unpaired) electrons. The highest BCUT2D eigenvalue weighted by molar-refractivity contribution is 14.1. The lowest BCUT2D eigenvalue weighted by molar-refractivity contribution is 0.0301. The van der Waals surface area contributed by atoms with Crippen molar-refractivity contribution in [1.82, 2.24) is 20.2 Å². The van der Waals surface area contributed by atoms with Crippen LogP contribution in [0.2, 0.25) is 5.02 Å². The SMILES string of the molecule is CCOC(=O)c1nc(N2CCC(NC(=O)c3[nH]c(C)c(CI)c3Cl)C(OC)C2)sc1C(=O)N1CCOCC1. The van der Waals surface area contributed by atoms with Gasteiger partial charge in [0.05, 0.1) is 37.0 Å². The van der Waals surface area contributed by atoms with E-state index in [2.05, 4.69) is 37.9 Å². The number of aryl methyl sites for hydroxylation is 1. The standard InChI is InChI=1S/C24H31ClIN5O6S/c1-4-37-23(34)19-20(22(33)30-7-9-36-10-8-30)38-24(29-19)31-6-5-15(16(12-31)35-3)28-21(32)18-17(25)14(11-26)13(2)27-18/h15-16,27H,4-12H2,1-3H3,(H,28,32). The lowest BCUT2D eigenvalue weighted by Gasteiger charge is -2.37. The van der Waals surface area contributed by atoms with Gasteiger partial charge in [-0.15, -0.1) is 0 Å². The van der Waals surface area contributed by atoms with Crippen LogP contribution in [0.15, 0.2) is 0 Å². The van der Waals surface area contributed by atoms with Crippen LogP contribution in [0.25, 0.3) is 0 Å². The molecule has 208 valence electrons. The molecule has 2 saturated heterocycles. The fourth-order valence-electron chi connectivity index (χ4n) is 4.52. The molecule has 2 unspecified atom stereocenters. The van der Waals surface area contributed by atoms with Gasteiger partial charge in [-0.1, -0.05) is 45.5 Å². The predicted octanol–water partition coefficient (Wildman–Crippen LogP) is 3.04. The van der Waals surface area contributed by atoms with Gasteiger partial charge in [0.1, 0.15) is 10.6 Å². The number of aromatic amines is 1. The summed E-state index contributed by atoms with van der Waals surface area (Å²) in [4.78, 5) is 50.5. The van der Waals surface area contributed by atoms with E-state index in [0.29, 0.717) is 66.1 Å². The summed E-state index contributed by atoms with van der Waals surface area (Å²) in [6.45, 7) is 6.55. The first-order valence-corrected chi connectivity index (χ1v) is 15.1. The Morgan fingerprint density at radius 1 is 1.29 bits per heavy atom. The second kappa shape index (κ2) is 12.9. The van der Waals surface area contributed by atoms with Gasteiger partial charge in [0.25, 0.3) is 11.8 Å². The van der Waals surface area contributed by atoms with E-state index in [9.17, 15) is 14.4 Å². The predicted molar refractivity (Wildman–Crippen MR) is 152 cm³/mol. The number of alkyl halides is 1. The van der Waals surface area contributed by atoms with E-state index in [1.165, 1.54) is 11.3 Å². The van der Waals surface area contributed by atoms with E-state index in [1.54, 1.807) is 18.9 Å². The summed E-state index contributed by atoms with van der Waals surface area (Å²) in [5, 5.41) is 4.03. The number of carbonyl (C=O) groups is 3. The molecule has 2 fully saturated rings. The van der Waals surface area contributed by atoms with Crippen LogP contribution in [0, 0.1) is 6.92 Å². The Morgan fingerprint density at radius 2 is 2.03 bits per heavy atom. The molecule has 4 heterocycles. The van der Waals surface area contributed by atoms with Crippen LogP contribution in [0.5, 0.6) is 0 Å². The number of thiazole rings is 1. The molecule has 0 aliphatic carbocycles. The van der Waals surface area contributed by atoms with Gasteiger partial charge in [0, 0.05) is 49.0 Å². The van der Waals surface area contributed by atoms with Crippen LogP contribution >= 0.6 is 45.5 Å². The Kier molecular flexibility index (Phi) is 9.89. The smallest absolute Gasteiger partial charge is 0.358 e. The number of halogens is 2. The number of piperidine rings is 1. The third-order valence-corrected chi connectivity index (χ3v) is 8.92. The van der Waals surface area contributed by atoms with Gasteiger partial charge in [0.15, 0.2) is 10.8 Å². The zero-order valence-electron chi connectivity index (χ0n) is 21.5. The normalized spacial score (nSPS) is 19.9. The first kappa shape index (κ1) is 29.1. The van der Waals surface area contributed by atoms with Gasteiger partial charge in [0.2, 0.25) is 0 Å². The molecule has 0 aromatic carbocycles. The summed E-state index contributed by atoms with van der Waals surface area (Å²) >= 11 is 9.83. The van der Waals surface area contributed by atoms with E-state index in [0.717, 1.165) is 11.3 Å². The molecule has 2 aromatic heterocycles. The summed E-state index contributed by atoms with van der Waals surface area (Å²) in [7, 11) is 1.59. The van der Waals surface area contributed by atoms with E-state index >= 15 is 0 Å². The number of ether oxygens (including phenoxy) is 3. The Morgan fingerprint density at radius 3 is 2.66 bits per heavy atom. The van der Waals surface area contributed by atoms with Crippen molar-refractivity contribution in [2.75, 3.05) is 58.0 Å². The van der Waals surface area contributed by atoms with Gasteiger partial charge in [-0.2, -0.15) is 0 Å². The van der Waals surface area contributed by atoms with Crippen molar-refractivity contribution in [2.45, 2.75) is 36.8 Å². The maximum absolute atomic E-state index is 13.3. The number of hydrogen-bond donors (Lipinski definition) is 2. The number of rotatable bonds is 8. The van der Waals surface area contributed by atoms with Gasteiger partial charge in [-0.05, 0) is 20.3 Å². The molecule has 14 heteroatoms. The third-order valence-electron chi connectivity index (χ3n) is 6.64. The van der Waals surface area contributed by atoms with Gasteiger partial charge >= 0.3 is 5.97 Å². The zero-order chi connectivity index (χ0) is 27.4. The van der Waals surface area contributed by atoms with Gasteiger partial charge in [-0.25, -0.2) is 9.78 Å². The van der Waals surface area contributed by atoms with Crippen LogP contribution in [0.4, 0.5) is 5.13 Å². The molecule has 11 nitrogen and oxygen atoms in total. The number of nitrogens with zero attached hydrogens (tertiary/aromatic N) is 3. The number of carbonyl (C=O) groups excluding carboxylic acids is 3. The van der Waals surface area contributed by atoms with Crippen LogP contribution in [0.1, 0.15) is 55.3 Å². The lowest BCUT2D eigenvalue weighted by Crippen LogP contribution is -2.55. The molecule has 0 saturated carbocycles. The summed E-state index contributed by atoms with van der Waals surface area (Å²) < 4.78 is 17.0. The number of esters is 1. The monoisotopic (exact) mass is 679 g/mol. The third kappa shape index (κ3) is 6.11. The molecule has 2 amide bonds. The Balaban J connectivity index is 1.50. The second-order valence-electron chi connectivity index (χ2n) is 8.94. The van der Waals surface area contributed by atoms with Crippen molar-refractivity contribution in [3.63, 3.8) is 0 Å². The summed E-state index contributed by atoms with van der Waals surface area (Å²) in [5.41, 5.74) is 2.16. The van der Waals surface area contributed by atoms with Crippen molar-refractivity contribution in [3.8, 4) is 0 Å². The lowest BCUT2D eigenvalue weighted by atomic mass is 10.0. The zero-order valence-corrected chi connectivity index (χ0v) is 25.2. The minimum Gasteiger partial charge on any atom is -0.461 e. The fourth-order valence-corrected chi connectivity index (χ4v) is 7.10. The van der Waals surface area contributed by atoms with Gasteiger partial charge in [-0.3, -0.25) is 9.59 Å². The highest BCUT2D eigenvalue weighted by atomic mass is 127. The highest BCUT2D eigenvalue weighted by Gasteiger charge is 2.35. The summed E-state index contributed by atoms with van der Waals surface area (Å²) in [5.74, 6) is -1.16. The molecule has 2 aliphatic heterocycles. The van der Waals surface area contributed by atoms with Crippen LogP contribution in [0.3, 0.4) is 0 Å². The molecule has 2 aliphatic rings. The number of aromatic nitrogens is 2. The molecular formula is C24H31ClIN5O6S. The number of anilines is 1. The number of methoxy groups -OCH3 is 1. The quantitative estimate of drug-likeness (QED) is 0.248. The molecule has 0 spiro atoms.